The third-order valence-corrected chi connectivity index (χ3v) is 2.18. The van der Waals surface area contributed by atoms with Crippen molar-refractivity contribution in [3.8, 4) is 0 Å². The number of nitrogens with zero attached hydrogens (tertiary/aromatic N) is 2. The number of carbonyl (C=O) groups excluding carboxylic acids is 1. The van der Waals surface area contributed by atoms with E-state index in [1.54, 1.807) is 19.1 Å². The highest BCUT2D eigenvalue weighted by Crippen LogP contribution is 2.24. The first-order valence-corrected chi connectivity index (χ1v) is 5.12. The molecule has 1 aromatic carbocycles. The summed E-state index contributed by atoms with van der Waals surface area (Å²) in [5.41, 5.74) is 7.76. The van der Waals surface area contributed by atoms with Crippen molar-refractivity contribution >= 4 is 28.4 Å². The van der Waals surface area contributed by atoms with Crippen LogP contribution in [0, 0.1) is 0 Å². The molecule has 0 saturated heterocycles. The third-order valence-electron chi connectivity index (χ3n) is 2.18. The maximum atomic E-state index is 11.2. The van der Waals surface area contributed by atoms with Gasteiger partial charge in [-0.25, -0.2) is 4.63 Å². The molecule has 90 valence electrons. The normalized spacial score (nSPS) is 10.4. The summed E-state index contributed by atoms with van der Waals surface area (Å²) in [6.07, 6.45) is 0. The van der Waals surface area contributed by atoms with Crippen LogP contribution in [0.2, 0.25) is 0 Å². The highest BCUT2D eigenvalue weighted by molar-refractivity contribution is 5.95. The molecule has 17 heavy (non-hydrogen) atoms. The highest BCUT2D eigenvalue weighted by atomic mass is 16.6. The molecule has 0 radical (unpaired) electrons. The molecule has 2 aromatic rings. The van der Waals surface area contributed by atoms with Gasteiger partial charge in [0.2, 0.25) is 0 Å². The van der Waals surface area contributed by atoms with Crippen LogP contribution in [0.4, 0.5) is 11.4 Å². The van der Waals surface area contributed by atoms with Crippen molar-refractivity contribution in [2.75, 3.05) is 24.2 Å². The summed E-state index contributed by atoms with van der Waals surface area (Å²) in [5.74, 6) is -0.339. The van der Waals surface area contributed by atoms with Gasteiger partial charge < -0.3 is 15.8 Å². The summed E-state index contributed by atoms with van der Waals surface area (Å²) in [6, 6.07) is 3.38. The van der Waals surface area contributed by atoms with E-state index in [1.165, 1.54) is 0 Å². The first-order valence-electron chi connectivity index (χ1n) is 5.12. The van der Waals surface area contributed by atoms with Crippen LogP contribution >= 0.6 is 0 Å². The quantitative estimate of drug-likeness (QED) is 0.597. The van der Waals surface area contributed by atoms with Crippen molar-refractivity contribution in [1.29, 1.82) is 0 Å². The molecule has 0 atom stereocenters. The lowest BCUT2D eigenvalue weighted by Gasteiger charge is -2.06. The predicted molar refractivity (Wildman–Crippen MR) is 61.3 cm³/mol. The van der Waals surface area contributed by atoms with Gasteiger partial charge in [-0.05, 0) is 29.4 Å². The van der Waals surface area contributed by atoms with Gasteiger partial charge in [0, 0.05) is 0 Å². The van der Waals surface area contributed by atoms with Gasteiger partial charge in [-0.2, -0.15) is 0 Å². The van der Waals surface area contributed by atoms with E-state index in [0.717, 1.165) is 0 Å². The fourth-order valence-electron chi connectivity index (χ4n) is 1.41. The van der Waals surface area contributed by atoms with Crippen LogP contribution in [-0.4, -0.2) is 29.4 Å². The molecular formula is C10H12N4O3. The van der Waals surface area contributed by atoms with Crippen LogP contribution in [0.5, 0.6) is 0 Å². The second-order valence-electron chi connectivity index (χ2n) is 3.32. The Morgan fingerprint density at radius 1 is 1.47 bits per heavy atom. The van der Waals surface area contributed by atoms with E-state index < -0.39 is 0 Å². The number of anilines is 2. The fourth-order valence-corrected chi connectivity index (χ4v) is 1.41. The number of esters is 1. The zero-order chi connectivity index (χ0) is 12.3. The summed E-state index contributed by atoms with van der Waals surface area (Å²) in [5, 5.41) is 10.3. The highest BCUT2D eigenvalue weighted by Gasteiger charge is 2.10. The van der Waals surface area contributed by atoms with Gasteiger partial charge >= 0.3 is 5.97 Å². The van der Waals surface area contributed by atoms with E-state index in [4.69, 9.17) is 10.5 Å². The van der Waals surface area contributed by atoms with E-state index >= 15 is 0 Å². The van der Waals surface area contributed by atoms with Gasteiger partial charge in [0.1, 0.15) is 6.54 Å². The van der Waals surface area contributed by atoms with E-state index in [1.807, 2.05) is 0 Å². The van der Waals surface area contributed by atoms with Crippen molar-refractivity contribution in [3.63, 3.8) is 0 Å². The molecule has 7 nitrogen and oxygen atoms in total. The average Bonchev–Trinajstić information content (AvgIpc) is 2.78. The molecule has 7 heteroatoms. The Morgan fingerprint density at radius 3 is 3.00 bits per heavy atom. The minimum absolute atomic E-state index is 0.0553. The Kier molecular flexibility index (Phi) is 3.08. The molecule has 3 N–H and O–H groups in total. The number of benzene rings is 1. The standard InChI is InChI=1S/C10H12N4O3/c1-2-16-8(15)5-12-7-4-3-6(11)9-10(7)14-17-13-9/h3-4,12H,2,5,11H2,1H3. The molecule has 0 unspecified atom stereocenters. The number of aromatic nitrogens is 2. The zero-order valence-electron chi connectivity index (χ0n) is 9.27. The van der Waals surface area contributed by atoms with Crippen LogP contribution < -0.4 is 11.1 Å². The topological polar surface area (TPSA) is 103 Å². The summed E-state index contributed by atoms with van der Waals surface area (Å²) in [6.45, 7) is 2.16. The molecule has 1 aromatic heterocycles. The van der Waals surface area contributed by atoms with Crippen molar-refractivity contribution in [2.45, 2.75) is 6.92 Å². The first-order chi connectivity index (χ1) is 8.22. The number of hydrogen-bond acceptors (Lipinski definition) is 7. The lowest BCUT2D eigenvalue weighted by Crippen LogP contribution is -2.16. The molecule has 0 aliphatic carbocycles. The Bertz CT molecular complexity index is 537. The van der Waals surface area contributed by atoms with Gasteiger partial charge in [0.25, 0.3) is 0 Å². The van der Waals surface area contributed by atoms with E-state index in [2.05, 4.69) is 20.3 Å². The Labute approximate surface area is 96.9 Å². The molecular weight excluding hydrogens is 224 g/mol. The zero-order valence-corrected chi connectivity index (χ0v) is 9.27. The van der Waals surface area contributed by atoms with Gasteiger partial charge in [-0.1, -0.05) is 0 Å². The van der Waals surface area contributed by atoms with Crippen LogP contribution in [0.25, 0.3) is 11.0 Å². The molecule has 0 bridgehead atoms. The molecule has 0 aliphatic heterocycles. The number of rotatable bonds is 4. The smallest absolute Gasteiger partial charge is 0.325 e. The Balaban J connectivity index is 2.16. The van der Waals surface area contributed by atoms with Gasteiger partial charge in [0.05, 0.1) is 18.0 Å². The van der Waals surface area contributed by atoms with Crippen molar-refractivity contribution in [1.82, 2.24) is 10.3 Å². The van der Waals surface area contributed by atoms with E-state index in [9.17, 15) is 4.79 Å². The molecule has 0 aliphatic rings. The van der Waals surface area contributed by atoms with Crippen molar-refractivity contribution in [3.05, 3.63) is 12.1 Å². The lowest BCUT2D eigenvalue weighted by atomic mass is 10.2. The summed E-state index contributed by atoms with van der Waals surface area (Å²) in [7, 11) is 0. The van der Waals surface area contributed by atoms with Crippen LogP contribution in [0.1, 0.15) is 6.92 Å². The summed E-state index contributed by atoms with van der Waals surface area (Å²) in [4.78, 5) is 11.2. The minimum atomic E-state index is -0.339. The minimum Gasteiger partial charge on any atom is -0.465 e. The summed E-state index contributed by atoms with van der Waals surface area (Å²) >= 11 is 0. The average molecular weight is 236 g/mol. The van der Waals surface area contributed by atoms with Crippen molar-refractivity contribution in [2.24, 2.45) is 0 Å². The third kappa shape index (κ3) is 2.27. The monoisotopic (exact) mass is 236 g/mol. The lowest BCUT2D eigenvalue weighted by molar-refractivity contribution is -0.140. The fraction of sp³-hybridized carbons (Fsp3) is 0.300. The number of hydrogen-bond donors (Lipinski definition) is 2. The van der Waals surface area contributed by atoms with Gasteiger partial charge in [-0.15, -0.1) is 0 Å². The van der Waals surface area contributed by atoms with Crippen LogP contribution in [0.3, 0.4) is 0 Å². The van der Waals surface area contributed by atoms with E-state index in [-0.39, 0.29) is 12.5 Å². The number of fused-ring (bicyclic) bond motifs is 1. The number of nitrogens with two attached hydrogens (primary N) is 1. The molecule has 1 heterocycles. The largest absolute Gasteiger partial charge is 0.465 e. The van der Waals surface area contributed by atoms with Crippen molar-refractivity contribution < 1.29 is 14.2 Å². The maximum absolute atomic E-state index is 11.2. The molecule has 0 fully saturated rings. The van der Waals surface area contributed by atoms with E-state index in [0.29, 0.717) is 29.0 Å². The number of ether oxygens (including phenoxy) is 1. The predicted octanol–water partition coefficient (Wildman–Crippen LogP) is 0.780. The second kappa shape index (κ2) is 4.69. The molecule has 0 saturated carbocycles. The number of carbonyl (C=O) groups is 1. The van der Waals surface area contributed by atoms with Gasteiger partial charge in [-0.3, -0.25) is 4.79 Å². The molecule has 0 spiro atoms. The Morgan fingerprint density at radius 2 is 2.24 bits per heavy atom. The number of nitrogens with one attached hydrogen (secondary N) is 1. The second-order valence-corrected chi connectivity index (χ2v) is 3.32. The maximum Gasteiger partial charge on any atom is 0.325 e. The molecule has 2 rings (SSSR count). The summed E-state index contributed by atoms with van der Waals surface area (Å²) < 4.78 is 9.40. The van der Waals surface area contributed by atoms with Crippen LogP contribution in [0.15, 0.2) is 16.8 Å². The Hall–Kier alpha value is -2.31. The number of nitrogen functional groups attached to an aromatic ring is 1. The first kappa shape index (κ1) is 11.2. The molecule has 0 amide bonds. The SMILES string of the molecule is CCOC(=O)CNc1ccc(N)c2nonc12. The van der Waals surface area contributed by atoms with Crippen LogP contribution in [-0.2, 0) is 9.53 Å². The van der Waals surface area contributed by atoms with Gasteiger partial charge in [0.15, 0.2) is 11.0 Å².